The van der Waals surface area contributed by atoms with Gasteiger partial charge in [-0.3, -0.25) is 4.68 Å². The fourth-order valence-corrected chi connectivity index (χ4v) is 3.06. The maximum Gasteiger partial charge on any atom is 0.131 e. The predicted molar refractivity (Wildman–Crippen MR) is 86.7 cm³/mol. The number of nitrogens with zero attached hydrogens (tertiary/aromatic N) is 2. The molecule has 0 aliphatic heterocycles. The van der Waals surface area contributed by atoms with E-state index in [1.807, 2.05) is 29.9 Å². The summed E-state index contributed by atoms with van der Waals surface area (Å²) < 4.78 is 9.72. The van der Waals surface area contributed by atoms with Gasteiger partial charge in [0.15, 0.2) is 0 Å². The van der Waals surface area contributed by atoms with Crippen molar-refractivity contribution in [3.05, 3.63) is 44.1 Å². The van der Waals surface area contributed by atoms with Gasteiger partial charge in [-0.25, -0.2) is 0 Å². The molecule has 1 aromatic heterocycles. The van der Waals surface area contributed by atoms with Crippen molar-refractivity contribution in [2.24, 2.45) is 12.8 Å². The first-order valence-corrected chi connectivity index (χ1v) is 7.97. The number of rotatable bonds is 5. The summed E-state index contributed by atoms with van der Waals surface area (Å²) in [5.74, 6) is 0.805. The van der Waals surface area contributed by atoms with Crippen LogP contribution in [0.3, 0.4) is 0 Å². The average molecular weight is 403 g/mol. The third kappa shape index (κ3) is 3.24. The number of aryl methyl sites for hydroxylation is 2. The molecule has 20 heavy (non-hydrogen) atoms. The lowest BCUT2D eigenvalue weighted by molar-refractivity contribution is 0.294. The zero-order chi connectivity index (χ0) is 14.7. The molecule has 1 heterocycles. The summed E-state index contributed by atoms with van der Waals surface area (Å²) in [6.45, 7) is 3.03. The number of nitrogens with two attached hydrogens (primary N) is 1. The van der Waals surface area contributed by atoms with E-state index in [9.17, 15) is 0 Å². The summed E-state index contributed by atoms with van der Waals surface area (Å²) in [7, 11) is 1.93. The lowest BCUT2D eigenvalue weighted by atomic mass is 10.2. The maximum absolute atomic E-state index is 5.84. The minimum atomic E-state index is 0.468. The van der Waals surface area contributed by atoms with E-state index in [2.05, 4.69) is 43.9 Å². The SMILES string of the molecule is CCc1nn(C)c(COc2ccc(Br)c(CN)c2)c1Br. The van der Waals surface area contributed by atoms with Crippen LogP contribution in [0, 0.1) is 0 Å². The molecule has 2 N–H and O–H groups in total. The zero-order valence-corrected chi connectivity index (χ0v) is 14.7. The molecule has 0 bridgehead atoms. The highest BCUT2D eigenvalue weighted by Crippen LogP contribution is 2.25. The van der Waals surface area contributed by atoms with Crippen LogP contribution in [-0.4, -0.2) is 9.78 Å². The van der Waals surface area contributed by atoms with E-state index in [0.717, 1.165) is 38.1 Å². The molecule has 0 aliphatic carbocycles. The molecule has 0 saturated heterocycles. The van der Waals surface area contributed by atoms with E-state index in [-0.39, 0.29) is 0 Å². The normalized spacial score (nSPS) is 10.8. The average Bonchev–Trinajstić information content (AvgIpc) is 2.72. The van der Waals surface area contributed by atoms with E-state index >= 15 is 0 Å². The lowest BCUT2D eigenvalue weighted by Gasteiger charge is -2.09. The molecule has 1 aromatic carbocycles. The van der Waals surface area contributed by atoms with E-state index < -0.39 is 0 Å². The molecule has 0 unspecified atom stereocenters. The fraction of sp³-hybridized carbons (Fsp3) is 0.357. The molecule has 4 nitrogen and oxygen atoms in total. The Balaban J connectivity index is 2.15. The van der Waals surface area contributed by atoms with Gasteiger partial charge in [0.1, 0.15) is 12.4 Å². The number of benzene rings is 1. The Labute approximate surface area is 135 Å². The molecule has 0 amide bonds. The van der Waals surface area contributed by atoms with Gasteiger partial charge >= 0.3 is 0 Å². The summed E-state index contributed by atoms with van der Waals surface area (Å²) in [6.07, 6.45) is 0.893. The largest absolute Gasteiger partial charge is 0.487 e. The number of hydrogen-bond acceptors (Lipinski definition) is 3. The number of aromatic nitrogens is 2. The second-order valence-corrected chi connectivity index (χ2v) is 6.08. The van der Waals surface area contributed by atoms with Gasteiger partial charge in [-0.2, -0.15) is 5.10 Å². The van der Waals surface area contributed by atoms with Crippen LogP contribution in [0.15, 0.2) is 27.1 Å². The number of hydrogen-bond donors (Lipinski definition) is 1. The van der Waals surface area contributed by atoms with Crippen LogP contribution < -0.4 is 10.5 Å². The molecule has 0 atom stereocenters. The van der Waals surface area contributed by atoms with Crippen LogP contribution in [0.25, 0.3) is 0 Å². The standard InChI is InChI=1S/C14H17Br2N3O/c1-3-12-14(16)13(19(2)18-12)8-20-10-4-5-11(15)9(6-10)7-17/h4-6H,3,7-8,17H2,1-2H3. The maximum atomic E-state index is 5.84. The Kier molecular flexibility index (Phi) is 5.23. The van der Waals surface area contributed by atoms with Gasteiger partial charge < -0.3 is 10.5 Å². The Hall–Kier alpha value is -0.850. The molecule has 2 aromatic rings. The first kappa shape index (κ1) is 15.5. The van der Waals surface area contributed by atoms with Gasteiger partial charge in [0.25, 0.3) is 0 Å². The quantitative estimate of drug-likeness (QED) is 0.831. The molecular formula is C14H17Br2N3O. The van der Waals surface area contributed by atoms with Gasteiger partial charge in [-0.15, -0.1) is 0 Å². The molecule has 2 rings (SSSR count). The van der Waals surface area contributed by atoms with E-state index in [4.69, 9.17) is 10.5 Å². The third-order valence-corrected chi connectivity index (χ3v) is 4.80. The fourth-order valence-electron chi connectivity index (χ4n) is 1.93. The zero-order valence-electron chi connectivity index (χ0n) is 11.5. The molecule has 6 heteroatoms. The molecule has 108 valence electrons. The van der Waals surface area contributed by atoms with Gasteiger partial charge in [-0.05, 0) is 46.1 Å². The first-order valence-electron chi connectivity index (χ1n) is 6.38. The summed E-state index contributed by atoms with van der Waals surface area (Å²) in [6, 6.07) is 5.83. The highest BCUT2D eigenvalue weighted by atomic mass is 79.9. The Morgan fingerprint density at radius 3 is 2.70 bits per heavy atom. The Bertz CT molecular complexity index is 611. The Morgan fingerprint density at radius 2 is 2.10 bits per heavy atom. The second kappa shape index (κ2) is 6.74. The van der Waals surface area contributed by atoms with Crippen LogP contribution in [-0.2, 0) is 26.6 Å². The molecule has 0 spiro atoms. The third-order valence-electron chi connectivity index (χ3n) is 3.12. The molecule has 0 radical (unpaired) electrons. The lowest BCUT2D eigenvalue weighted by Crippen LogP contribution is -2.04. The summed E-state index contributed by atoms with van der Waals surface area (Å²) in [5.41, 5.74) is 8.79. The minimum Gasteiger partial charge on any atom is -0.487 e. The van der Waals surface area contributed by atoms with Gasteiger partial charge in [0, 0.05) is 18.1 Å². The van der Waals surface area contributed by atoms with Gasteiger partial charge in [0.2, 0.25) is 0 Å². The van der Waals surface area contributed by atoms with Gasteiger partial charge in [-0.1, -0.05) is 22.9 Å². The van der Waals surface area contributed by atoms with Crippen molar-refractivity contribution in [3.8, 4) is 5.75 Å². The number of halogens is 2. The van der Waals surface area contributed by atoms with Crippen molar-refractivity contribution in [1.82, 2.24) is 9.78 Å². The van der Waals surface area contributed by atoms with Crippen molar-refractivity contribution >= 4 is 31.9 Å². The summed E-state index contributed by atoms with van der Waals surface area (Å²) >= 11 is 7.05. The predicted octanol–water partition coefficient (Wildman–Crippen LogP) is 3.55. The van der Waals surface area contributed by atoms with Crippen LogP contribution in [0.4, 0.5) is 0 Å². The summed E-state index contributed by atoms with van der Waals surface area (Å²) in [5, 5.41) is 4.45. The van der Waals surface area contributed by atoms with Crippen molar-refractivity contribution in [2.45, 2.75) is 26.5 Å². The van der Waals surface area contributed by atoms with Crippen molar-refractivity contribution in [2.75, 3.05) is 0 Å². The highest BCUT2D eigenvalue weighted by Gasteiger charge is 2.13. The van der Waals surface area contributed by atoms with E-state index in [0.29, 0.717) is 13.2 Å². The Morgan fingerprint density at radius 1 is 1.35 bits per heavy atom. The van der Waals surface area contributed by atoms with Crippen LogP contribution >= 0.6 is 31.9 Å². The van der Waals surface area contributed by atoms with Crippen molar-refractivity contribution < 1.29 is 4.74 Å². The smallest absolute Gasteiger partial charge is 0.131 e. The number of ether oxygens (including phenoxy) is 1. The van der Waals surface area contributed by atoms with Crippen molar-refractivity contribution in [1.29, 1.82) is 0 Å². The highest BCUT2D eigenvalue weighted by molar-refractivity contribution is 9.10. The van der Waals surface area contributed by atoms with Gasteiger partial charge in [0.05, 0.1) is 15.9 Å². The second-order valence-electron chi connectivity index (χ2n) is 4.43. The topological polar surface area (TPSA) is 53.1 Å². The molecule has 0 aliphatic rings. The van der Waals surface area contributed by atoms with E-state index in [1.165, 1.54) is 0 Å². The first-order chi connectivity index (χ1) is 9.56. The van der Waals surface area contributed by atoms with Crippen molar-refractivity contribution in [3.63, 3.8) is 0 Å². The molecule has 0 saturated carbocycles. The minimum absolute atomic E-state index is 0.468. The van der Waals surface area contributed by atoms with Crippen LogP contribution in [0.2, 0.25) is 0 Å². The molecular weight excluding hydrogens is 386 g/mol. The molecule has 0 fully saturated rings. The monoisotopic (exact) mass is 401 g/mol. The van der Waals surface area contributed by atoms with Crippen LogP contribution in [0.5, 0.6) is 5.75 Å². The summed E-state index contributed by atoms with van der Waals surface area (Å²) in [4.78, 5) is 0. The van der Waals surface area contributed by atoms with Crippen LogP contribution in [0.1, 0.15) is 23.9 Å². The van der Waals surface area contributed by atoms with E-state index in [1.54, 1.807) is 0 Å².